The van der Waals surface area contributed by atoms with Gasteiger partial charge in [0, 0.05) is 12.3 Å². The predicted molar refractivity (Wildman–Crippen MR) is 78.4 cm³/mol. The van der Waals surface area contributed by atoms with Crippen LogP contribution in [0.3, 0.4) is 0 Å². The molecular formula is C13H23N3O2S. The zero-order chi connectivity index (χ0) is 14.5. The van der Waals surface area contributed by atoms with Gasteiger partial charge in [-0.25, -0.2) is 9.78 Å². The zero-order valence-corrected chi connectivity index (χ0v) is 13.1. The lowest BCUT2D eigenvalue weighted by Crippen LogP contribution is -2.34. The summed E-state index contributed by atoms with van der Waals surface area (Å²) in [5.74, 6) is 1.02. The topological polar surface area (TPSA) is 56.2 Å². The monoisotopic (exact) mass is 285 g/mol. The summed E-state index contributed by atoms with van der Waals surface area (Å²) in [6.45, 7) is 8.35. The van der Waals surface area contributed by atoms with E-state index in [0.29, 0.717) is 0 Å². The molecule has 1 unspecified atom stereocenters. The maximum absolute atomic E-state index is 11.7. The molecule has 0 aromatic carbocycles. The fourth-order valence-corrected chi connectivity index (χ4v) is 2.01. The molecule has 0 saturated carbocycles. The number of hydrogen-bond acceptors (Lipinski definition) is 4. The number of ether oxygens (including phenoxy) is 1. The summed E-state index contributed by atoms with van der Waals surface area (Å²) in [6.07, 6.45) is 5.23. The summed E-state index contributed by atoms with van der Waals surface area (Å²) in [5, 5.41) is 2.83. The first-order valence-corrected chi connectivity index (χ1v) is 7.71. The molecule has 0 bridgehead atoms. The summed E-state index contributed by atoms with van der Waals surface area (Å²) in [5.41, 5.74) is 0.503. The third-order valence-corrected chi connectivity index (χ3v) is 3.05. The van der Waals surface area contributed by atoms with E-state index in [9.17, 15) is 4.79 Å². The maximum Gasteiger partial charge on any atom is 0.408 e. The van der Waals surface area contributed by atoms with Gasteiger partial charge in [-0.05, 0) is 34.0 Å². The van der Waals surface area contributed by atoms with Gasteiger partial charge in [-0.1, -0.05) is 0 Å². The summed E-state index contributed by atoms with van der Waals surface area (Å²) in [4.78, 5) is 15.9. The number of imidazole rings is 1. The number of aromatic nitrogens is 2. The minimum absolute atomic E-state index is 0.126. The lowest BCUT2D eigenvalue weighted by Gasteiger charge is -2.22. The SMILES string of the molecule is CSCCn1cncc1C(C)NC(=O)OC(C)(C)C. The molecule has 1 aromatic heterocycles. The fraction of sp³-hybridized carbons (Fsp3) is 0.692. The van der Waals surface area contributed by atoms with Gasteiger partial charge in [0.15, 0.2) is 0 Å². The Morgan fingerprint density at radius 1 is 1.58 bits per heavy atom. The van der Waals surface area contributed by atoms with Gasteiger partial charge in [0.2, 0.25) is 0 Å². The van der Waals surface area contributed by atoms with Gasteiger partial charge in [-0.15, -0.1) is 0 Å². The smallest absolute Gasteiger partial charge is 0.408 e. The summed E-state index contributed by atoms with van der Waals surface area (Å²) in [7, 11) is 0. The Morgan fingerprint density at radius 3 is 2.84 bits per heavy atom. The van der Waals surface area contributed by atoms with Crippen LogP contribution in [0.25, 0.3) is 0 Å². The molecule has 19 heavy (non-hydrogen) atoms. The second kappa shape index (κ2) is 6.84. The van der Waals surface area contributed by atoms with Crippen molar-refractivity contribution in [1.29, 1.82) is 0 Å². The summed E-state index contributed by atoms with van der Waals surface area (Å²) in [6, 6.07) is -0.126. The molecule has 1 N–H and O–H groups in total. The molecule has 0 fully saturated rings. The highest BCUT2D eigenvalue weighted by Crippen LogP contribution is 2.14. The lowest BCUT2D eigenvalue weighted by molar-refractivity contribution is 0.0506. The summed E-state index contributed by atoms with van der Waals surface area (Å²) < 4.78 is 7.30. The van der Waals surface area contributed by atoms with E-state index in [1.165, 1.54) is 0 Å². The van der Waals surface area contributed by atoms with Gasteiger partial charge in [0.05, 0.1) is 24.3 Å². The largest absolute Gasteiger partial charge is 0.444 e. The van der Waals surface area contributed by atoms with Crippen molar-refractivity contribution in [2.45, 2.75) is 45.9 Å². The summed E-state index contributed by atoms with van der Waals surface area (Å²) >= 11 is 1.78. The van der Waals surface area contributed by atoms with E-state index >= 15 is 0 Å². The molecule has 1 rings (SSSR count). The third-order valence-electron chi connectivity index (χ3n) is 2.46. The number of rotatable bonds is 5. The van der Waals surface area contributed by atoms with Gasteiger partial charge in [-0.2, -0.15) is 11.8 Å². The highest BCUT2D eigenvalue weighted by molar-refractivity contribution is 7.98. The number of hydrogen-bond donors (Lipinski definition) is 1. The van der Waals surface area contributed by atoms with Crippen molar-refractivity contribution < 1.29 is 9.53 Å². The van der Waals surface area contributed by atoms with Crippen LogP contribution in [0.2, 0.25) is 0 Å². The van der Waals surface area contributed by atoms with Gasteiger partial charge in [-0.3, -0.25) is 0 Å². The Labute approximate surface area is 119 Å². The first-order chi connectivity index (χ1) is 8.83. The van der Waals surface area contributed by atoms with Crippen LogP contribution in [0.1, 0.15) is 39.4 Å². The number of carbonyl (C=O) groups excluding carboxylic acids is 1. The van der Waals surface area contributed by atoms with Crippen molar-refractivity contribution in [1.82, 2.24) is 14.9 Å². The number of amides is 1. The molecular weight excluding hydrogens is 262 g/mol. The normalized spacial score (nSPS) is 13.1. The molecule has 0 spiro atoms. The molecule has 0 radical (unpaired) electrons. The van der Waals surface area contributed by atoms with E-state index in [4.69, 9.17) is 4.74 Å². The van der Waals surface area contributed by atoms with E-state index in [1.807, 2.05) is 27.7 Å². The van der Waals surface area contributed by atoms with Crippen LogP contribution in [0.4, 0.5) is 4.79 Å². The molecule has 0 aliphatic carbocycles. The van der Waals surface area contributed by atoms with Crippen LogP contribution in [-0.2, 0) is 11.3 Å². The third kappa shape index (κ3) is 5.55. The average molecular weight is 285 g/mol. The highest BCUT2D eigenvalue weighted by Gasteiger charge is 2.19. The van der Waals surface area contributed by atoms with E-state index in [1.54, 1.807) is 24.3 Å². The Hall–Kier alpha value is -1.17. The molecule has 0 aliphatic rings. The number of alkyl carbamates (subject to hydrolysis) is 1. The molecule has 1 aromatic rings. The van der Waals surface area contributed by atoms with E-state index in [2.05, 4.69) is 21.1 Å². The van der Waals surface area contributed by atoms with Crippen molar-refractivity contribution in [2.75, 3.05) is 12.0 Å². The average Bonchev–Trinajstić information content (AvgIpc) is 2.71. The standard InChI is InChI=1S/C13H23N3O2S/c1-10(15-12(17)18-13(2,3)4)11-8-14-9-16(11)6-7-19-5/h8-10H,6-7H2,1-5H3,(H,15,17). The quantitative estimate of drug-likeness (QED) is 0.904. The van der Waals surface area contributed by atoms with E-state index < -0.39 is 11.7 Å². The van der Waals surface area contributed by atoms with Crippen LogP contribution >= 0.6 is 11.8 Å². The Balaban J connectivity index is 2.60. The van der Waals surface area contributed by atoms with Crippen molar-refractivity contribution in [3.63, 3.8) is 0 Å². The van der Waals surface area contributed by atoms with Crippen molar-refractivity contribution in [3.8, 4) is 0 Å². The lowest BCUT2D eigenvalue weighted by atomic mass is 10.2. The van der Waals surface area contributed by atoms with Crippen molar-refractivity contribution >= 4 is 17.9 Å². The first-order valence-electron chi connectivity index (χ1n) is 6.32. The van der Waals surface area contributed by atoms with E-state index in [-0.39, 0.29) is 6.04 Å². The predicted octanol–water partition coefficient (Wildman–Crippen LogP) is 2.83. The minimum Gasteiger partial charge on any atom is -0.444 e. The van der Waals surface area contributed by atoms with Gasteiger partial charge in [0.1, 0.15) is 5.60 Å². The molecule has 108 valence electrons. The number of nitrogens with one attached hydrogen (secondary N) is 1. The fourth-order valence-electron chi connectivity index (χ4n) is 1.63. The Bertz CT molecular complexity index is 412. The second-order valence-corrected chi connectivity index (χ2v) is 6.36. The molecule has 0 aliphatic heterocycles. The molecule has 6 heteroatoms. The highest BCUT2D eigenvalue weighted by atomic mass is 32.2. The van der Waals surface area contributed by atoms with E-state index in [0.717, 1.165) is 18.0 Å². The Kier molecular flexibility index (Phi) is 5.72. The number of nitrogens with zero attached hydrogens (tertiary/aromatic N) is 2. The molecule has 1 heterocycles. The van der Waals surface area contributed by atoms with Gasteiger partial charge in [0.25, 0.3) is 0 Å². The minimum atomic E-state index is -0.483. The van der Waals surface area contributed by atoms with Crippen LogP contribution in [-0.4, -0.2) is 33.3 Å². The number of carbonyl (C=O) groups is 1. The van der Waals surface area contributed by atoms with Crippen molar-refractivity contribution in [2.24, 2.45) is 0 Å². The second-order valence-electron chi connectivity index (χ2n) is 5.37. The molecule has 0 saturated heterocycles. The van der Waals surface area contributed by atoms with Crippen molar-refractivity contribution in [3.05, 3.63) is 18.2 Å². The molecule has 5 nitrogen and oxygen atoms in total. The van der Waals surface area contributed by atoms with Gasteiger partial charge < -0.3 is 14.6 Å². The van der Waals surface area contributed by atoms with Crippen LogP contribution in [0.5, 0.6) is 0 Å². The van der Waals surface area contributed by atoms with Crippen LogP contribution in [0, 0.1) is 0 Å². The van der Waals surface area contributed by atoms with Crippen LogP contribution in [0.15, 0.2) is 12.5 Å². The maximum atomic E-state index is 11.7. The molecule has 1 amide bonds. The van der Waals surface area contributed by atoms with Gasteiger partial charge >= 0.3 is 6.09 Å². The number of aryl methyl sites for hydroxylation is 1. The first kappa shape index (κ1) is 15.9. The number of thioether (sulfide) groups is 1. The Morgan fingerprint density at radius 2 is 2.26 bits per heavy atom. The zero-order valence-electron chi connectivity index (χ0n) is 12.3. The molecule has 1 atom stereocenters. The van der Waals surface area contributed by atoms with Crippen LogP contribution < -0.4 is 5.32 Å².